The molecule has 0 aliphatic heterocycles. The molecule has 0 fully saturated rings. The number of hydrogen-bond acceptors (Lipinski definition) is 4. The van der Waals surface area contributed by atoms with Crippen LogP contribution >= 0.6 is 0 Å². The van der Waals surface area contributed by atoms with Crippen LogP contribution in [-0.2, 0) is 16.0 Å². The highest BCUT2D eigenvalue weighted by atomic mass is 16.5. The first-order valence-electron chi connectivity index (χ1n) is 7.51. The number of nitrogens with one attached hydrogen (secondary N) is 1. The number of amides is 2. The molecule has 0 heterocycles. The molecule has 2 aromatic carbocycles. The van der Waals surface area contributed by atoms with Crippen LogP contribution in [0, 0.1) is 0 Å². The van der Waals surface area contributed by atoms with Crippen LogP contribution in [0.4, 0.5) is 5.69 Å². The van der Waals surface area contributed by atoms with Crippen molar-refractivity contribution in [2.24, 2.45) is 5.73 Å². The fraction of sp³-hybridized carbons (Fsp3) is 0.222. The van der Waals surface area contributed by atoms with Crippen LogP contribution in [0.1, 0.15) is 12.0 Å². The third-order valence-electron chi connectivity index (χ3n) is 3.29. The number of para-hydroxylation sites is 2. The maximum atomic E-state index is 12.2. The molecule has 6 nitrogen and oxygen atoms in total. The van der Waals surface area contributed by atoms with E-state index >= 15 is 0 Å². The average Bonchev–Trinajstić information content (AvgIpc) is 2.57. The lowest BCUT2D eigenvalue weighted by atomic mass is 10.1. The molecule has 126 valence electrons. The zero-order chi connectivity index (χ0) is 17.4. The van der Waals surface area contributed by atoms with E-state index in [-0.39, 0.29) is 25.4 Å². The van der Waals surface area contributed by atoms with Gasteiger partial charge in [-0.3, -0.25) is 9.59 Å². The standard InChI is InChI=1S/C18H20N2O4/c1-23-14-8-6-13(7-9-14)12-18(22)20-15-4-2-3-5-16(15)24-11-10-17(19)21/h2-9H,10-12H2,1H3,(H2,19,21)(H,20,22). The summed E-state index contributed by atoms with van der Waals surface area (Å²) >= 11 is 0. The molecule has 6 heteroatoms. The van der Waals surface area contributed by atoms with Crippen molar-refractivity contribution in [1.29, 1.82) is 0 Å². The van der Waals surface area contributed by atoms with Crippen molar-refractivity contribution in [3.8, 4) is 11.5 Å². The van der Waals surface area contributed by atoms with E-state index in [1.807, 2.05) is 24.3 Å². The Morgan fingerprint density at radius 3 is 2.46 bits per heavy atom. The van der Waals surface area contributed by atoms with Crippen LogP contribution in [0.2, 0.25) is 0 Å². The summed E-state index contributed by atoms with van der Waals surface area (Å²) in [6.07, 6.45) is 0.355. The van der Waals surface area contributed by atoms with Gasteiger partial charge in [0.1, 0.15) is 11.5 Å². The topological polar surface area (TPSA) is 90.7 Å². The Kier molecular flexibility index (Phi) is 6.19. The van der Waals surface area contributed by atoms with Crippen molar-refractivity contribution in [3.63, 3.8) is 0 Å². The van der Waals surface area contributed by atoms with Crippen molar-refractivity contribution in [1.82, 2.24) is 0 Å². The molecular formula is C18H20N2O4. The third-order valence-corrected chi connectivity index (χ3v) is 3.29. The van der Waals surface area contributed by atoms with Gasteiger partial charge in [0.15, 0.2) is 0 Å². The molecule has 0 atom stereocenters. The van der Waals surface area contributed by atoms with Gasteiger partial charge in [0.2, 0.25) is 11.8 Å². The van der Waals surface area contributed by atoms with Crippen molar-refractivity contribution in [3.05, 3.63) is 54.1 Å². The Labute approximate surface area is 140 Å². The quantitative estimate of drug-likeness (QED) is 0.776. The molecule has 0 spiro atoms. The highest BCUT2D eigenvalue weighted by Crippen LogP contribution is 2.24. The van der Waals surface area contributed by atoms with Crippen molar-refractivity contribution in [2.45, 2.75) is 12.8 Å². The summed E-state index contributed by atoms with van der Waals surface area (Å²) in [5, 5.41) is 2.81. The van der Waals surface area contributed by atoms with Gasteiger partial charge in [-0.05, 0) is 29.8 Å². The first kappa shape index (κ1) is 17.3. The number of benzene rings is 2. The Bertz CT molecular complexity index is 698. The summed E-state index contributed by atoms with van der Waals surface area (Å²) in [6.45, 7) is 0.167. The Morgan fingerprint density at radius 2 is 1.79 bits per heavy atom. The van der Waals surface area contributed by atoms with Gasteiger partial charge in [-0.15, -0.1) is 0 Å². The normalized spacial score (nSPS) is 10.0. The molecule has 0 saturated heterocycles. The fourth-order valence-corrected chi connectivity index (χ4v) is 2.08. The lowest BCUT2D eigenvalue weighted by molar-refractivity contribution is -0.118. The number of carbonyl (C=O) groups is 2. The Balaban J connectivity index is 1.96. The number of nitrogens with two attached hydrogens (primary N) is 1. The molecule has 0 unspecified atom stereocenters. The minimum atomic E-state index is -0.434. The lowest BCUT2D eigenvalue weighted by Crippen LogP contribution is -2.17. The number of carbonyl (C=O) groups excluding carboxylic acids is 2. The van der Waals surface area contributed by atoms with Crippen LogP contribution < -0.4 is 20.5 Å². The number of ether oxygens (including phenoxy) is 2. The minimum absolute atomic E-state index is 0.119. The molecule has 0 aromatic heterocycles. The first-order valence-corrected chi connectivity index (χ1v) is 7.51. The number of anilines is 1. The SMILES string of the molecule is COc1ccc(CC(=O)Nc2ccccc2OCCC(N)=O)cc1. The molecule has 3 N–H and O–H groups in total. The highest BCUT2D eigenvalue weighted by Gasteiger charge is 2.09. The molecule has 2 amide bonds. The van der Waals surface area contributed by atoms with Crippen LogP contribution in [0.15, 0.2) is 48.5 Å². The van der Waals surface area contributed by atoms with Gasteiger partial charge in [0.25, 0.3) is 0 Å². The van der Waals surface area contributed by atoms with E-state index in [4.69, 9.17) is 15.2 Å². The summed E-state index contributed by atoms with van der Waals surface area (Å²) < 4.78 is 10.6. The van der Waals surface area contributed by atoms with Gasteiger partial charge in [0.05, 0.1) is 32.2 Å². The fourth-order valence-electron chi connectivity index (χ4n) is 2.08. The monoisotopic (exact) mass is 328 g/mol. The number of primary amides is 1. The maximum Gasteiger partial charge on any atom is 0.228 e. The number of rotatable bonds is 8. The van der Waals surface area contributed by atoms with Gasteiger partial charge in [-0.1, -0.05) is 24.3 Å². The molecule has 0 aliphatic rings. The molecule has 24 heavy (non-hydrogen) atoms. The average molecular weight is 328 g/mol. The van der Waals surface area contributed by atoms with Gasteiger partial charge in [0, 0.05) is 0 Å². The van der Waals surface area contributed by atoms with E-state index < -0.39 is 5.91 Å². The Hall–Kier alpha value is -3.02. The van der Waals surface area contributed by atoms with E-state index in [1.165, 1.54) is 0 Å². The molecule has 0 bridgehead atoms. The van der Waals surface area contributed by atoms with E-state index in [2.05, 4.69) is 5.32 Å². The summed E-state index contributed by atoms with van der Waals surface area (Å²) in [6, 6.07) is 14.4. The van der Waals surface area contributed by atoms with Gasteiger partial charge < -0.3 is 20.5 Å². The smallest absolute Gasteiger partial charge is 0.228 e. The molecule has 0 saturated carbocycles. The van der Waals surface area contributed by atoms with Crippen molar-refractivity contribution >= 4 is 17.5 Å². The highest BCUT2D eigenvalue weighted by molar-refractivity contribution is 5.93. The van der Waals surface area contributed by atoms with Gasteiger partial charge in [-0.25, -0.2) is 0 Å². The molecule has 0 radical (unpaired) electrons. The second-order valence-corrected chi connectivity index (χ2v) is 5.13. The summed E-state index contributed by atoms with van der Waals surface area (Å²) in [4.78, 5) is 23.0. The van der Waals surface area contributed by atoms with Gasteiger partial charge >= 0.3 is 0 Å². The molecular weight excluding hydrogens is 308 g/mol. The van der Waals surface area contributed by atoms with Crippen LogP contribution in [0.5, 0.6) is 11.5 Å². The predicted molar refractivity (Wildman–Crippen MR) is 91.1 cm³/mol. The maximum absolute atomic E-state index is 12.2. The minimum Gasteiger partial charge on any atom is -0.497 e. The Morgan fingerprint density at radius 1 is 1.08 bits per heavy atom. The largest absolute Gasteiger partial charge is 0.497 e. The van der Waals surface area contributed by atoms with E-state index in [0.717, 1.165) is 11.3 Å². The zero-order valence-electron chi connectivity index (χ0n) is 13.5. The van der Waals surface area contributed by atoms with Gasteiger partial charge in [-0.2, -0.15) is 0 Å². The predicted octanol–water partition coefficient (Wildman–Crippen LogP) is 2.13. The molecule has 2 aromatic rings. The first-order chi connectivity index (χ1) is 11.6. The summed E-state index contributed by atoms with van der Waals surface area (Å²) in [7, 11) is 1.59. The van der Waals surface area contributed by atoms with Crippen LogP contribution in [0.25, 0.3) is 0 Å². The summed E-state index contributed by atoms with van der Waals surface area (Å²) in [5.74, 6) is 0.649. The molecule has 0 aliphatic carbocycles. The van der Waals surface area contributed by atoms with Crippen molar-refractivity contribution in [2.75, 3.05) is 19.0 Å². The second kappa shape index (κ2) is 8.57. The van der Waals surface area contributed by atoms with Crippen LogP contribution in [-0.4, -0.2) is 25.5 Å². The van der Waals surface area contributed by atoms with Crippen molar-refractivity contribution < 1.29 is 19.1 Å². The summed E-state index contributed by atoms with van der Waals surface area (Å²) in [5.41, 5.74) is 6.52. The number of hydrogen-bond donors (Lipinski definition) is 2. The second-order valence-electron chi connectivity index (χ2n) is 5.13. The number of methoxy groups -OCH3 is 1. The third kappa shape index (κ3) is 5.31. The molecule has 2 rings (SSSR count). The van der Waals surface area contributed by atoms with Crippen LogP contribution in [0.3, 0.4) is 0 Å². The zero-order valence-corrected chi connectivity index (χ0v) is 13.5. The van der Waals surface area contributed by atoms with E-state index in [1.54, 1.807) is 31.4 Å². The van der Waals surface area contributed by atoms with E-state index in [0.29, 0.717) is 11.4 Å². The van der Waals surface area contributed by atoms with E-state index in [9.17, 15) is 9.59 Å². The lowest BCUT2D eigenvalue weighted by Gasteiger charge is -2.12.